The summed E-state index contributed by atoms with van der Waals surface area (Å²) in [5, 5.41) is 9.19. The Morgan fingerprint density at radius 3 is 2.25 bits per heavy atom. The third-order valence-corrected chi connectivity index (χ3v) is 6.00. The number of amides is 1. The molecule has 1 aliphatic heterocycles. The first-order valence-electron chi connectivity index (χ1n) is 11.5. The molecular formula is C26H34N2O4. The quantitative estimate of drug-likeness (QED) is 0.552. The Hall–Kier alpha value is -2.86. The third-order valence-electron chi connectivity index (χ3n) is 6.00. The number of carboxylic acid groups (broad SMARTS) is 1. The van der Waals surface area contributed by atoms with Crippen LogP contribution < -0.4 is 4.74 Å². The van der Waals surface area contributed by atoms with E-state index in [0.717, 1.165) is 37.2 Å². The molecule has 0 aromatic heterocycles. The van der Waals surface area contributed by atoms with Gasteiger partial charge in [0.25, 0.3) is 5.91 Å². The van der Waals surface area contributed by atoms with E-state index in [2.05, 4.69) is 36.1 Å². The fraction of sp³-hybridized carbons (Fsp3) is 0.462. The SMILES string of the molecule is CCCCOc1ccc(C(=O)N2CCN([C@H](CCC(=O)O)c3ccc(C)cc3)CC2)cc1. The maximum absolute atomic E-state index is 13.0. The molecule has 6 heteroatoms. The third kappa shape index (κ3) is 6.57. The van der Waals surface area contributed by atoms with Gasteiger partial charge in [0.2, 0.25) is 0 Å². The number of piperazine rings is 1. The summed E-state index contributed by atoms with van der Waals surface area (Å²) in [6.45, 7) is 7.57. The first-order chi connectivity index (χ1) is 15.5. The number of carboxylic acids is 1. The molecule has 0 saturated carbocycles. The maximum Gasteiger partial charge on any atom is 0.303 e. The van der Waals surface area contributed by atoms with Crippen molar-refractivity contribution in [1.29, 1.82) is 0 Å². The summed E-state index contributed by atoms with van der Waals surface area (Å²) in [6.07, 6.45) is 2.79. The summed E-state index contributed by atoms with van der Waals surface area (Å²) in [4.78, 5) is 28.3. The standard InChI is InChI=1S/C26H34N2O4/c1-3-4-19-32-23-11-9-22(10-12-23)26(31)28-17-15-27(16-18-28)24(13-14-25(29)30)21-7-5-20(2)6-8-21/h5-12,24H,3-4,13-19H2,1-2H3,(H,29,30)/t24-/m1/s1. The lowest BCUT2D eigenvalue weighted by Crippen LogP contribution is -2.49. The van der Waals surface area contributed by atoms with E-state index >= 15 is 0 Å². The monoisotopic (exact) mass is 438 g/mol. The fourth-order valence-corrected chi connectivity index (χ4v) is 4.06. The van der Waals surface area contributed by atoms with Crippen LogP contribution in [0.4, 0.5) is 0 Å². The fourth-order valence-electron chi connectivity index (χ4n) is 4.06. The van der Waals surface area contributed by atoms with E-state index in [9.17, 15) is 14.7 Å². The number of ether oxygens (including phenoxy) is 1. The van der Waals surface area contributed by atoms with E-state index in [1.807, 2.05) is 36.1 Å². The van der Waals surface area contributed by atoms with Crippen molar-refractivity contribution in [2.75, 3.05) is 32.8 Å². The number of unbranched alkanes of at least 4 members (excludes halogenated alkanes) is 1. The second-order valence-corrected chi connectivity index (χ2v) is 8.41. The molecule has 2 aromatic rings. The topological polar surface area (TPSA) is 70.1 Å². The van der Waals surface area contributed by atoms with Crippen molar-refractivity contribution in [1.82, 2.24) is 9.80 Å². The summed E-state index contributed by atoms with van der Waals surface area (Å²) in [6, 6.07) is 15.7. The molecule has 1 fully saturated rings. The zero-order valence-corrected chi connectivity index (χ0v) is 19.1. The number of aryl methyl sites for hydroxylation is 1. The summed E-state index contributed by atoms with van der Waals surface area (Å²) >= 11 is 0. The summed E-state index contributed by atoms with van der Waals surface area (Å²) in [5.41, 5.74) is 2.99. The molecule has 0 unspecified atom stereocenters. The lowest BCUT2D eigenvalue weighted by atomic mass is 9.98. The summed E-state index contributed by atoms with van der Waals surface area (Å²) in [7, 11) is 0. The first-order valence-corrected chi connectivity index (χ1v) is 11.5. The molecule has 6 nitrogen and oxygen atoms in total. The highest BCUT2D eigenvalue weighted by Gasteiger charge is 2.28. The minimum absolute atomic E-state index is 0.0298. The van der Waals surface area contributed by atoms with Gasteiger partial charge in [-0.15, -0.1) is 0 Å². The van der Waals surface area contributed by atoms with E-state index in [1.165, 1.54) is 5.56 Å². The number of hydrogen-bond donors (Lipinski definition) is 1. The van der Waals surface area contributed by atoms with Crippen molar-refractivity contribution < 1.29 is 19.4 Å². The predicted octanol–water partition coefficient (Wildman–Crippen LogP) is 4.54. The average molecular weight is 439 g/mol. The summed E-state index contributed by atoms with van der Waals surface area (Å²) < 4.78 is 5.68. The maximum atomic E-state index is 13.0. The van der Waals surface area contributed by atoms with Crippen molar-refractivity contribution >= 4 is 11.9 Å². The summed E-state index contributed by atoms with van der Waals surface area (Å²) in [5.74, 6) is 0.0411. The molecule has 1 aliphatic rings. The van der Waals surface area contributed by atoms with Gasteiger partial charge in [0.1, 0.15) is 5.75 Å². The Balaban J connectivity index is 1.59. The van der Waals surface area contributed by atoms with Crippen LogP contribution in [0.5, 0.6) is 5.75 Å². The van der Waals surface area contributed by atoms with Gasteiger partial charge < -0.3 is 14.7 Å². The Morgan fingerprint density at radius 1 is 1.00 bits per heavy atom. The van der Waals surface area contributed by atoms with Gasteiger partial charge in [-0.2, -0.15) is 0 Å². The van der Waals surface area contributed by atoms with Crippen LogP contribution in [-0.2, 0) is 4.79 Å². The number of carbonyl (C=O) groups is 2. The van der Waals surface area contributed by atoms with Gasteiger partial charge in [-0.25, -0.2) is 0 Å². The van der Waals surface area contributed by atoms with Crippen LogP contribution in [-0.4, -0.2) is 59.6 Å². The largest absolute Gasteiger partial charge is 0.494 e. The van der Waals surface area contributed by atoms with Crippen molar-refractivity contribution in [3.63, 3.8) is 0 Å². The first kappa shape index (κ1) is 23.8. The minimum Gasteiger partial charge on any atom is -0.494 e. The highest BCUT2D eigenvalue weighted by Crippen LogP contribution is 2.28. The van der Waals surface area contributed by atoms with Crippen LogP contribution >= 0.6 is 0 Å². The van der Waals surface area contributed by atoms with Gasteiger partial charge >= 0.3 is 5.97 Å². The van der Waals surface area contributed by atoms with E-state index in [0.29, 0.717) is 31.7 Å². The lowest BCUT2D eigenvalue weighted by molar-refractivity contribution is -0.137. The number of nitrogens with zero attached hydrogens (tertiary/aromatic N) is 2. The van der Waals surface area contributed by atoms with E-state index in [1.54, 1.807) is 0 Å². The van der Waals surface area contributed by atoms with Gasteiger partial charge in [-0.3, -0.25) is 14.5 Å². The van der Waals surface area contributed by atoms with Crippen LogP contribution in [0.25, 0.3) is 0 Å². The number of benzene rings is 2. The molecule has 32 heavy (non-hydrogen) atoms. The zero-order chi connectivity index (χ0) is 22.9. The van der Waals surface area contributed by atoms with E-state index in [-0.39, 0.29) is 18.4 Å². The van der Waals surface area contributed by atoms with Gasteiger partial charge in [-0.05, 0) is 49.6 Å². The molecule has 172 valence electrons. The molecule has 1 heterocycles. The molecular weight excluding hydrogens is 404 g/mol. The van der Waals surface area contributed by atoms with Crippen molar-refractivity contribution in [2.45, 2.75) is 45.6 Å². The van der Waals surface area contributed by atoms with Crippen LogP contribution in [0.15, 0.2) is 48.5 Å². The molecule has 0 radical (unpaired) electrons. The van der Waals surface area contributed by atoms with Crippen molar-refractivity contribution in [2.24, 2.45) is 0 Å². The average Bonchev–Trinajstić information content (AvgIpc) is 2.81. The zero-order valence-electron chi connectivity index (χ0n) is 19.1. The Bertz CT molecular complexity index is 872. The smallest absolute Gasteiger partial charge is 0.303 e. The lowest BCUT2D eigenvalue weighted by Gasteiger charge is -2.39. The van der Waals surface area contributed by atoms with Crippen LogP contribution in [0.2, 0.25) is 0 Å². The van der Waals surface area contributed by atoms with Gasteiger partial charge in [0, 0.05) is 44.2 Å². The Labute approximate surface area is 190 Å². The molecule has 0 spiro atoms. The molecule has 1 N–H and O–H groups in total. The number of hydrogen-bond acceptors (Lipinski definition) is 4. The van der Waals surface area contributed by atoms with Crippen LogP contribution in [0, 0.1) is 6.92 Å². The van der Waals surface area contributed by atoms with Gasteiger partial charge in [0.05, 0.1) is 6.61 Å². The normalized spacial score (nSPS) is 15.4. The molecule has 0 bridgehead atoms. The molecule has 0 aliphatic carbocycles. The van der Waals surface area contributed by atoms with Crippen LogP contribution in [0.1, 0.15) is 60.1 Å². The number of aliphatic carboxylic acids is 1. The van der Waals surface area contributed by atoms with Crippen LogP contribution in [0.3, 0.4) is 0 Å². The second kappa shape index (κ2) is 11.7. The van der Waals surface area contributed by atoms with E-state index < -0.39 is 5.97 Å². The van der Waals surface area contributed by atoms with Crippen molar-refractivity contribution in [3.05, 3.63) is 65.2 Å². The molecule has 1 amide bonds. The van der Waals surface area contributed by atoms with Gasteiger partial charge in [-0.1, -0.05) is 43.2 Å². The predicted molar refractivity (Wildman–Crippen MR) is 125 cm³/mol. The van der Waals surface area contributed by atoms with Crippen molar-refractivity contribution in [3.8, 4) is 5.75 Å². The van der Waals surface area contributed by atoms with E-state index in [4.69, 9.17) is 4.74 Å². The second-order valence-electron chi connectivity index (χ2n) is 8.41. The molecule has 3 rings (SSSR count). The Kier molecular flexibility index (Phi) is 8.68. The molecule has 1 saturated heterocycles. The molecule has 2 aromatic carbocycles. The Morgan fingerprint density at radius 2 is 1.66 bits per heavy atom. The number of rotatable bonds is 10. The molecule has 1 atom stereocenters. The highest BCUT2D eigenvalue weighted by atomic mass is 16.5. The highest BCUT2D eigenvalue weighted by molar-refractivity contribution is 5.94. The van der Waals surface area contributed by atoms with Gasteiger partial charge in [0.15, 0.2) is 0 Å². The number of carbonyl (C=O) groups excluding carboxylic acids is 1. The minimum atomic E-state index is -0.780.